The number of aromatic nitrogens is 2. The summed E-state index contributed by atoms with van der Waals surface area (Å²) in [6, 6.07) is 58.6. The van der Waals surface area contributed by atoms with Crippen LogP contribution in [0.4, 0.5) is 0 Å². The summed E-state index contributed by atoms with van der Waals surface area (Å²) in [6.07, 6.45) is 5.68. The van der Waals surface area contributed by atoms with Gasteiger partial charge in [0.25, 0.3) is 0 Å². The van der Waals surface area contributed by atoms with E-state index in [0.717, 1.165) is 35.4 Å². The first-order chi connectivity index (χ1) is 22.2. The van der Waals surface area contributed by atoms with E-state index in [2.05, 4.69) is 133 Å². The molecule has 1 radical (unpaired) electrons. The predicted octanol–water partition coefficient (Wildman–Crippen LogP) is 10.3. The molecule has 0 saturated carbocycles. The van der Waals surface area contributed by atoms with Gasteiger partial charge in [0.2, 0.25) is 0 Å². The molecule has 0 N–H and O–H groups in total. The Morgan fingerprint density at radius 3 is 1.83 bits per heavy atom. The molecular formula is C43H34IrN2-2. The third kappa shape index (κ3) is 8.82. The van der Waals surface area contributed by atoms with Gasteiger partial charge in [-0.15, -0.1) is 71.3 Å². The van der Waals surface area contributed by atoms with Gasteiger partial charge in [-0.25, -0.2) is 0 Å². The Balaban J connectivity index is 0.000000186. The molecule has 0 aliphatic carbocycles. The van der Waals surface area contributed by atoms with Crippen molar-refractivity contribution in [2.24, 2.45) is 0 Å². The Morgan fingerprint density at radius 2 is 1.17 bits per heavy atom. The van der Waals surface area contributed by atoms with E-state index in [-0.39, 0.29) is 20.1 Å². The molecule has 0 unspecified atom stereocenters. The van der Waals surface area contributed by atoms with Crippen molar-refractivity contribution in [3.8, 4) is 33.6 Å². The van der Waals surface area contributed by atoms with Crippen molar-refractivity contribution < 1.29 is 20.1 Å². The van der Waals surface area contributed by atoms with Crippen LogP contribution < -0.4 is 0 Å². The Labute approximate surface area is 286 Å². The van der Waals surface area contributed by atoms with Gasteiger partial charge in [-0.05, 0) is 58.1 Å². The van der Waals surface area contributed by atoms with E-state index in [0.29, 0.717) is 0 Å². The summed E-state index contributed by atoms with van der Waals surface area (Å²) >= 11 is 0. The monoisotopic (exact) mass is 771 g/mol. The van der Waals surface area contributed by atoms with Gasteiger partial charge in [-0.3, -0.25) is 0 Å². The summed E-state index contributed by atoms with van der Waals surface area (Å²) in [5.74, 6) is 0. The van der Waals surface area contributed by atoms with Crippen LogP contribution in [-0.2, 0) is 32.9 Å². The number of pyridine rings is 2. The van der Waals surface area contributed by atoms with E-state index in [1.165, 1.54) is 38.9 Å². The average Bonchev–Trinajstić information content (AvgIpc) is 3.11. The molecule has 7 aromatic rings. The molecular weight excluding hydrogens is 737 g/mol. The van der Waals surface area contributed by atoms with Crippen LogP contribution >= 0.6 is 0 Å². The van der Waals surface area contributed by atoms with Crippen molar-refractivity contribution in [3.63, 3.8) is 0 Å². The molecule has 0 aliphatic rings. The summed E-state index contributed by atoms with van der Waals surface area (Å²) in [5.41, 5.74) is 12.8. The van der Waals surface area contributed by atoms with Gasteiger partial charge in [0.15, 0.2) is 0 Å². The van der Waals surface area contributed by atoms with Gasteiger partial charge < -0.3 is 9.97 Å². The number of rotatable bonds is 7. The second-order valence-electron chi connectivity index (χ2n) is 11.0. The van der Waals surface area contributed by atoms with Crippen molar-refractivity contribution in [2.75, 3.05) is 0 Å². The molecule has 0 spiro atoms. The van der Waals surface area contributed by atoms with Gasteiger partial charge in [0, 0.05) is 38.1 Å². The van der Waals surface area contributed by atoms with Gasteiger partial charge in [0.05, 0.1) is 0 Å². The molecule has 0 aliphatic heterocycles. The van der Waals surface area contributed by atoms with Crippen molar-refractivity contribution >= 4 is 0 Å². The van der Waals surface area contributed by atoms with E-state index in [1.54, 1.807) is 0 Å². The van der Waals surface area contributed by atoms with E-state index in [9.17, 15) is 0 Å². The molecule has 2 aromatic heterocycles. The first kappa shape index (κ1) is 32.4. The number of hydrogen-bond acceptors (Lipinski definition) is 2. The van der Waals surface area contributed by atoms with Gasteiger partial charge in [-0.1, -0.05) is 110 Å². The number of aryl methyl sites for hydroxylation is 1. The Bertz CT molecular complexity index is 1920. The third-order valence-corrected chi connectivity index (χ3v) is 7.62. The van der Waals surface area contributed by atoms with Crippen LogP contribution in [0.5, 0.6) is 0 Å². The number of benzene rings is 5. The van der Waals surface area contributed by atoms with Crippen molar-refractivity contribution in [1.82, 2.24) is 9.97 Å². The summed E-state index contributed by atoms with van der Waals surface area (Å²) in [5, 5.41) is 0. The smallest absolute Gasteiger partial charge is 0.0242 e. The van der Waals surface area contributed by atoms with Crippen molar-refractivity contribution in [3.05, 3.63) is 204 Å². The maximum absolute atomic E-state index is 4.73. The van der Waals surface area contributed by atoms with Gasteiger partial charge >= 0.3 is 0 Å². The molecule has 0 bridgehead atoms. The number of hydrogen-bond donors (Lipinski definition) is 0. The SMILES string of the molecule is Cc1c[c-]c(-c2cc(Cc3ccccc3)c(-c3ccccc3)cn2)cc1.[Ir].[c-]1ccccc1-c1cc(Cc2ccccc2)ccn1. The molecule has 0 amide bonds. The Hall–Kier alpha value is -4.95. The largest absolute Gasteiger partial charge is 0.305 e. The summed E-state index contributed by atoms with van der Waals surface area (Å²) in [6.45, 7) is 2.08. The Kier molecular flexibility index (Phi) is 11.6. The van der Waals surface area contributed by atoms with Crippen LogP contribution in [0.25, 0.3) is 33.6 Å². The van der Waals surface area contributed by atoms with Crippen molar-refractivity contribution in [1.29, 1.82) is 0 Å². The normalized spacial score (nSPS) is 10.3. The summed E-state index contributed by atoms with van der Waals surface area (Å²) in [7, 11) is 0. The number of nitrogens with zero attached hydrogens (tertiary/aromatic N) is 2. The minimum absolute atomic E-state index is 0. The summed E-state index contributed by atoms with van der Waals surface area (Å²) < 4.78 is 0. The maximum Gasteiger partial charge on any atom is 0.0242 e. The second kappa shape index (κ2) is 16.4. The molecule has 0 atom stereocenters. The fourth-order valence-electron chi connectivity index (χ4n) is 5.26. The third-order valence-electron chi connectivity index (χ3n) is 7.62. The molecule has 7 rings (SSSR count). The van der Waals surface area contributed by atoms with Crippen LogP contribution in [-0.4, -0.2) is 9.97 Å². The van der Waals surface area contributed by atoms with E-state index in [4.69, 9.17) is 4.98 Å². The van der Waals surface area contributed by atoms with Gasteiger partial charge in [0.1, 0.15) is 0 Å². The van der Waals surface area contributed by atoms with Gasteiger partial charge in [-0.2, -0.15) is 0 Å². The average molecular weight is 771 g/mol. The predicted molar refractivity (Wildman–Crippen MR) is 186 cm³/mol. The van der Waals surface area contributed by atoms with Crippen LogP contribution in [0, 0.1) is 19.1 Å². The molecule has 3 heteroatoms. The summed E-state index contributed by atoms with van der Waals surface area (Å²) in [4.78, 5) is 9.15. The van der Waals surface area contributed by atoms with Crippen LogP contribution in [0.15, 0.2) is 164 Å². The minimum atomic E-state index is 0. The molecule has 227 valence electrons. The topological polar surface area (TPSA) is 25.8 Å². The van der Waals surface area contributed by atoms with E-state index >= 15 is 0 Å². The first-order valence-electron chi connectivity index (χ1n) is 15.2. The minimum Gasteiger partial charge on any atom is -0.305 e. The Morgan fingerprint density at radius 1 is 0.543 bits per heavy atom. The fraction of sp³-hybridized carbons (Fsp3) is 0.0698. The maximum atomic E-state index is 4.73. The standard InChI is InChI=1S/C25H20N.C18H14N.Ir/c1-19-12-14-22(15-13-19)25-17-23(16-20-8-4-2-5-9-20)24(18-26-25)21-10-6-3-7-11-21;1-3-7-15(8-4-1)13-16-11-12-19-18(14-16)17-9-5-2-6-10-17;/h2-14,17-18H,16H2,1H3;1-9,11-12,14H,13H2;/q2*-1;. The van der Waals surface area contributed by atoms with E-state index < -0.39 is 0 Å². The molecule has 5 aromatic carbocycles. The zero-order valence-corrected chi connectivity index (χ0v) is 28.1. The first-order valence-corrected chi connectivity index (χ1v) is 15.2. The molecule has 0 saturated heterocycles. The molecule has 0 fully saturated rings. The van der Waals surface area contributed by atoms with Crippen LogP contribution in [0.1, 0.15) is 27.8 Å². The van der Waals surface area contributed by atoms with Crippen molar-refractivity contribution in [2.45, 2.75) is 19.8 Å². The zero-order valence-electron chi connectivity index (χ0n) is 25.7. The fourth-order valence-corrected chi connectivity index (χ4v) is 5.26. The second-order valence-corrected chi connectivity index (χ2v) is 11.0. The van der Waals surface area contributed by atoms with Crippen LogP contribution in [0.3, 0.4) is 0 Å². The van der Waals surface area contributed by atoms with Crippen LogP contribution in [0.2, 0.25) is 0 Å². The molecule has 46 heavy (non-hydrogen) atoms. The quantitative estimate of drug-likeness (QED) is 0.151. The zero-order chi connectivity index (χ0) is 30.7. The molecule has 2 nitrogen and oxygen atoms in total. The molecule has 2 heterocycles. The van der Waals surface area contributed by atoms with E-state index in [1.807, 2.05) is 54.9 Å².